The van der Waals surface area contributed by atoms with Gasteiger partial charge in [0.1, 0.15) is 17.2 Å². The molecule has 2 saturated heterocycles. The highest BCUT2D eigenvalue weighted by Gasteiger charge is 2.50. The molecule has 1 amide bonds. The van der Waals surface area contributed by atoms with Crippen LogP contribution >= 0.6 is 11.6 Å². The second-order valence-corrected chi connectivity index (χ2v) is 9.97. The zero-order valence-corrected chi connectivity index (χ0v) is 19.3. The Morgan fingerprint density at radius 1 is 1.03 bits per heavy atom. The smallest absolute Gasteiger partial charge is 0.260 e. The minimum atomic E-state index is -3.74. The van der Waals surface area contributed by atoms with E-state index in [0.29, 0.717) is 49.1 Å². The molecule has 2 fully saturated rings. The molecule has 0 unspecified atom stereocenters. The normalized spacial score (nSPS) is 18.6. The molecular weight excluding hydrogens is 456 g/mol. The van der Waals surface area contributed by atoms with Gasteiger partial charge in [-0.25, -0.2) is 8.42 Å². The summed E-state index contributed by atoms with van der Waals surface area (Å²) in [7, 11) is -2.16. The van der Waals surface area contributed by atoms with Crippen LogP contribution in [0.25, 0.3) is 0 Å². The van der Waals surface area contributed by atoms with Crippen molar-refractivity contribution < 1.29 is 27.4 Å². The predicted molar refractivity (Wildman–Crippen MR) is 118 cm³/mol. The topological polar surface area (TPSA) is 85.4 Å². The van der Waals surface area contributed by atoms with Gasteiger partial charge in [0.2, 0.25) is 10.0 Å². The van der Waals surface area contributed by atoms with Crippen LogP contribution in [0.4, 0.5) is 0 Å². The van der Waals surface area contributed by atoms with E-state index >= 15 is 0 Å². The number of halogens is 1. The maximum atomic E-state index is 13.2. The van der Waals surface area contributed by atoms with E-state index in [-0.39, 0.29) is 24.0 Å². The Morgan fingerprint density at radius 2 is 1.66 bits per heavy atom. The molecule has 4 rings (SSSR count). The van der Waals surface area contributed by atoms with Crippen molar-refractivity contribution in [3.63, 3.8) is 0 Å². The molecule has 2 aliphatic heterocycles. The molecule has 0 radical (unpaired) electrons. The molecular formula is C22H25ClN2O6S. The highest BCUT2D eigenvalue weighted by molar-refractivity contribution is 7.89. The number of benzene rings is 2. The summed E-state index contributed by atoms with van der Waals surface area (Å²) in [4.78, 5) is 14.5. The summed E-state index contributed by atoms with van der Waals surface area (Å²) in [6.07, 6.45) is 0.794. The zero-order chi connectivity index (χ0) is 22.8. The van der Waals surface area contributed by atoms with Gasteiger partial charge in [-0.05, 0) is 48.5 Å². The van der Waals surface area contributed by atoms with Gasteiger partial charge in [0.25, 0.3) is 5.91 Å². The molecule has 0 N–H and O–H groups in total. The fourth-order valence-electron chi connectivity index (χ4n) is 4.07. The third-order valence-corrected chi connectivity index (χ3v) is 8.06. The van der Waals surface area contributed by atoms with Gasteiger partial charge in [0.15, 0.2) is 6.61 Å². The molecule has 0 saturated carbocycles. The number of sulfonamides is 1. The molecule has 8 nitrogen and oxygen atoms in total. The zero-order valence-electron chi connectivity index (χ0n) is 17.7. The summed E-state index contributed by atoms with van der Waals surface area (Å²) >= 11 is 5.90. The Morgan fingerprint density at radius 3 is 2.28 bits per heavy atom. The first kappa shape index (κ1) is 22.8. The molecule has 0 atom stereocenters. The van der Waals surface area contributed by atoms with Crippen LogP contribution in [0.5, 0.6) is 11.5 Å². The highest BCUT2D eigenvalue weighted by atomic mass is 35.5. The number of likely N-dealkylation sites (tertiary alicyclic amines) is 1. The Bertz CT molecular complexity index is 1050. The van der Waals surface area contributed by atoms with E-state index < -0.39 is 15.7 Å². The van der Waals surface area contributed by atoms with Crippen LogP contribution in [0.15, 0.2) is 53.4 Å². The Kier molecular flexibility index (Phi) is 6.62. The van der Waals surface area contributed by atoms with E-state index in [9.17, 15) is 13.2 Å². The third kappa shape index (κ3) is 4.56. The molecule has 2 aromatic carbocycles. The minimum absolute atomic E-state index is 0.0903. The van der Waals surface area contributed by atoms with E-state index in [1.807, 2.05) is 0 Å². The second kappa shape index (κ2) is 9.27. The summed E-state index contributed by atoms with van der Waals surface area (Å²) in [5.41, 5.74) is -0.938. The van der Waals surface area contributed by atoms with Crippen LogP contribution in [-0.4, -0.2) is 69.2 Å². The Hall–Kier alpha value is -2.33. The molecule has 172 valence electrons. The summed E-state index contributed by atoms with van der Waals surface area (Å²) < 4.78 is 44.5. The first-order valence-electron chi connectivity index (χ1n) is 10.3. The molecule has 10 heteroatoms. The van der Waals surface area contributed by atoms with E-state index in [2.05, 4.69) is 0 Å². The Labute approximate surface area is 192 Å². The lowest BCUT2D eigenvalue weighted by Gasteiger charge is -2.42. The van der Waals surface area contributed by atoms with Crippen molar-refractivity contribution in [3.8, 4) is 11.5 Å². The average molecular weight is 481 g/mol. The lowest BCUT2D eigenvalue weighted by molar-refractivity contribution is -0.142. The molecule has 32 heavy (non-hydrogen) atoms. The van der Waals surface area contributed by atoms with E-state index in [1.54, 1.807) is 48.4 Å². The summed E-state index contributed by atoms with van der Waals surface area (Å²) in [5, 5.41) is 0.472. The number of carbonyl (C=O) groups excluding carboxylic acids is 1. The van der Waals surface area contributed by atoms with Gasteiger partial charge in [-0.1, -0.05) is 11.6 Å². The number of piperidine rings is 1. The van der Waals surface area contributed by atoms with Crippen molar-refractivity contribution in [1.82, 2.24) is 9.21 Å². The number of nitrogens with zero attached hydrogens (tertiary/aromatic N) is 2. The third-order valence-electron chi connectivity index (χ3n) is 5.84. The lowest BCUT2D eigenvalue weighted by atomic mass is 10.0. The van der Waals surface area contributed by atoms with Crippen molar-refractivity contribution >= 4 is 27.5 Å². The molecule has 2 aromatic rings. The van der Waals surface area contributed by atoms with Crippen molar-refractivity contribution in [2.24, 2.45) is 0 Å². The van der Waals surface area contributed by atoms with Crippen LogP contribution in [0, 0.1) is 0 Å². The maximum absolute atomic E-state index is 13.2. The number of methoxy groups -OCH3 is 1. The average Bonchev–Trinajstić information content (AvgIpc) is 3.22. The van der Waals surface area contributed by atoms with Gasteiger partial charge in [-0.3, -0.25) is 4.79 Å². The first-order chi connectivity index (χ1) is 15.3. The van der Waals surface area contributed by atoms with Gasteiger partial charge < -0.3 is 19.1 Å². The second-order valence-electron chi connectivity index (χ2n) is 7.67. The fourth-order valence-corrected chi connectivity index (χ4v) is 5.92. The number of carbonyl (C=O) groups is 1. The SMILES string of the molecule is COc1ccc(OCC(=O)N2CCC3(CC2)OCCN3S(=O)(=O)c2ccc(Cl)cc2)cc1. The molecule has 2 heterocycles. The minimum Gasteiger partial charge on any atom is -0.497 e. The predicted octanol–water partition coefficient (Wildman–Crippen LogP) is 2.77. The quantitative estimate of drug-likeness (QED) is 0.632. The van der Waals surface area contributed by atoms with Crippen molar-refractivity contribution in [2.45, 2.75) is 23.5 Å². The van der Waals surface area contributed by atoms with Crippen LogP contribution < -0.4 is 9.47 Å². The van der Waals surface area contributed by atoms with Crippen molar-refractivity contribution in [3.05, 3.63) is 53.6 Å². The maximum Gasteiger partial charge on any atom is 0.260 e. The van der Waals surface area contributed by atoms with E-state index in [0.717, 1.165) is 0 Å². The van der Waals surface area contributed by atoms with Gasteiger partial charge in [0.05, 0.1) is 18.6 Å². The molecule has 0 bridgehead atoms. The summed E-state index contributed by atoms with van der Waals surface area (Å²) in [6.45, 7) is 1.28. The largest absolute Gasteiger partial charge is 0.497 e. The fraction of sp³-hybridized carbons (Fsp3) is 0.409. The number of hydrogen-bond donors (Lipinski definition) is 0. The number of amides is 1. The van der Waals surface area contributed by atoms with Gasteiger partial charge in [-0.2, -0.15) is 4.31 Å². The highest BCUT2D eigenvalue weighted by Crippen LogP contribution is 2.38. The standard InChI is InChI=1S/C22H25ClN2O6S/c1-29-18-4-6-19(7-5-18)30-16-21(26)24-12-10-22(11-13-24)25(14-15-31-22)32(27,28)20-8-2-17(23)3-9-20/h2-9H,10-16H2,1H3. The lowest BCUT2D eigenvalue weighted by Crippen LogP contribution is -2.56. The van der Waals surface area contributed by atoms with E-state index in [4.69, 9.17) is 25.8 Å². The Balaban J connectivity index is 1.38. The van der Waals surface area contributed by atoms with Crippen LogP contribution in [0.2, 0.25) is 5.02 Å². The van der Waals surface area contributed by atoms with E-state index in [1.165, 1.54) is 16.4 Å². The first-order valence-corrected chi connectivity index (χ1v) is 12.1. The van der Waals surface area contributed by atoms with Gasteiger partial charge >= 0.3 is 0 Å². The van der Waals surface area contributed by atoms with Crippen LogP contribution in [0.3, 0.4) is 0 Å². The monoisotopic (exact) mass is 480 g/mol. The van der Waals surface area contributed by atoms with Crippen molar-refractivity contribution in [2.75, 3.05) is 40.0 Å². The van der Waals surface area contributed by atoms with Gasteiger partial charge in [-0.15, -0.1) is 0 Å². The summed E-state index contributed by atoms with van der Waals surface area (Å²) in [5.74, 6) is 1.13. The summed E-state index contributed by atoms with van der Waals surface area (Å²) in [6, 6.07) is 13.1. The number of ether oxygens (including phenoxy) is 3. The molecule has 1 spiro atoms. The van der Waals surface area contributed by atoms with Crippen molar-refractivity contribution in [1.29, 1.82) is 0 Å². The number of hydrogen-bond acceptors (Lipinski definition) is 6. The van der Waals surface area contributed by atoms with Crippen LogP contribution in [-0.2, 0) is 19.6 Å². The van der Waals surface area contributed by atoms with Gasteiger partial charge in [0, 0.05) is 37.5 Å². The number of rotatable bonds is 6. The molecule has 0 aromatic heterocycles. The molecule has 0 aliphatic carbocycles. The molecule has 2 aliphatic rings. The van der Waals surface area contributed by atoms with Crippen LogP contribution in [0.1, 0.15) is 12.8 Å².